The summed E-state index contributed by atoms with van der Waals surface area (Å²) in [6.45, 7) is -0.407. The highest BCUT2D eigenvalue weighted by Crippen LogP contribution is 2.36. The van der Waals surface area contributed by atoms with E-state index in [1.54, 1.807) is 12.1 Å². The number of aromatic nitrogens is 2. The number of hydrogen-bond donors (Lipinski definition) is 2. The van der Waals surface area contributed by atoms with Crippen molar-refractivity contribution in [3.05, 3.63) is 113 Å². The Morgan fingerprint density at radius 3 is 2.20 bits per heavy atom. The van der Waals surface area contributed by atoms with Crippen LogP contribution in [-0.4, -0.2) is 35.4 Å². The minimum Gasteiger partial charge on any atom is -0.478 e. The Morgan fingerprint density at radius 2 is 1.65 bits per heavy atom. The fraction of sp³-hybridized carbons (Fsp3) is 0.0769. The molecule has 14 heteroatoms. The summed E-state index contributed by atoms with van der Waals surface area (Å²) in [6.07, 6.45) is -2.84. The Kier molecular flexibility index (Phi) is 8.07. The number of anilines is 2. The molecule has 40 heavy (non-hydrogen) atoms. The molecule has 2 heterocycles. The Bertz CT molecular complexity index is 1650. The van der Waals surface area contributed by atoms with E-state index in [-0.39, 0.29) is 16.2 Å². The zero-order chi connectivity index (χ0) is 29.1. The van der Waals surface area contributed by atoms with Gasteiger partial charge in [0.15, 0.2) is 5.82 Å². The first-order valence-electron chi connectivity index (χ1n) is 11.3. The van der Waals surface area contributed by atoms with E-state index >= 15 is 0 Å². The number of carboxylic acid groups (broad SMARTS) is 1. The number of pyridine rings is 2. The van der Waals surface area contributed by atoms with E-state index in [1.165, 1.54) is 36.5 Å². The Labute approximate surface area is 230 Å². The summed E-state index contributed by atoms with van der Waals surface area (Å²) in [4.78, 5) is 30.9. The Morgan fingerprint density at radius 1 is 0.975 bits per heavy atom. The number of nitrogens with zero attached hydrogens (tertiary/aromatic N) is 3. The number of nitrogens with one attached hydrogen (secondary N) is 1. The molecule has 0 aliphatic heterocycles. The van der Waals surface area contributed by atoms with Gasteiger partial charge in [-0.25, -0.2) is 22.5 Å². The summed E-state index contributed by atoms with van der Waals surface area (Å²) >= 11 is 6.10. The smallest absolute Gasteiger partial charge is 0.417 e. The molecule has 0 unspecified atom stereocenters. The van der Waals surface area contributed by atoms with Crippen molar-refractivity contribution < 1.29 is 36.3 Å². The van der Waals surface area contributed by atoms with Crippen LogP contribution in [0.5, 0.6) is 0 Å². The minimum absolute atomic E-state index is 0.167. The van der Waals surface area contributed by atoms with Gasteiger partial charge in [-0.1, -0.05) is 29.8 Å². The van der Waals surface area contributed by atoms with E-state index < -0.39 is 51.0 Å². The normalized spacial score (nSPS) is 11.6. The topological polar surface area (TPSA) is 130 Å². The van der Waals surface area contributed by atoms with Crippen molar-refractivity contribution in [3.8, 4) is 0 Å². The number of halogens is 4. The standard InChI is InChI=1S/C26H18ClF3N4O5S/c27-21-13-18(26(28,29)30)14-32-23(21)34(40(38,39)20-10-6-17(7-11-20)25(36)37)15-16-4-8-19(9-5-16)33-24(35)22-3-1-2-12-31-22/h1-14H,15H2,(H,33,35)(H,36,37). The molecule has 0 atom stereocenters. The second kappa shape index (κ2) is 11.3. The number of alkyl halides is 3. The van der Waals surface area contributed by atoms with Crippen LogP contribution >= 0.6 is 11.6 Å². The van der Waals surface area contributed by atoms with Crippen molar-refractivity contribution in [2.75, 3.05) is 9.62 Å². The summed E-state index contributed by atoms with van der Waals surface area (Å²) in [7, 11) is -4.50. The maximum atomic E-state index is 13.6. The van der Waals surface area contributed by atoms with Crippen molar-refractivity contribution in [3.63, 3.8) is 0 Å². The van der Waals surface area contributed by atoms with Gasteiger partial charge in [-0.2, -0.15) is 13.2 Å². The molecule has 0 spiro atoms. The lowest BCUT2D eigenvalue weighted by Crippen LogP contribution is -2.32. The number of amides is 1. The van der Waals surface area contributed by atoms with E-state index in [4.69, 9.17) is 16.7 Å². The van der Waals surface area contributed by atoms with Crippen LogP contribution in [0.1, 0.15) is 32.0 Å². The largest absolute Gasteiger partial charge is 0.478 e. The van der Waals surface area contributed by atoms with E-state index in [2.05, 4.69) is 15.3 Å². The third-order valence-corrected chi connectivity index (χ3v) is 7.54. The Hall–Kier alpha value is -4.49. The summed E-state index contributed by atoms with van der Waals surface area (Å²) in [5, 5.41) is 11.2. The lowest BCUT2D eigenvalue weighted by atomic mass is 10.2. The quantitative estimate of drug-likeness (QED) is 0.277. The highest BCUT2D eigenvalue weighted by atomic mass is 35.5. The first-order valence-corrected chi connectivity index (χ1v) is 13.1. The fourth-order valence-electron chi connectivity index (χ4n) is 3.49. The minimum atomic E-state index is -4.76. The molecule has 4 rings (SSSR count). The molecule has 0 fully saturated rings. The molecule has 9 nitrogen and oxygen atoms in total. The van der Waals surface area contributed by atoms with Gasteiger partial charge in [-0.15, -0.1) is 0 Å². The van der Waals surface area contributed by atoms with Crippen LogP contribution in [0.3, 0.4) is 0 Å². The first kappa shape index (κ1) is 28.5. The van der Waals surface area contributed by atoms with E-state index in [0.717, 1.165) is 24.3 Å². The number of aromatic carboxylic acids is 1. The highest BCUT2D eigenvalue weighted by Gasteiger charge is 2.34. The summed E-state index contributed by atoms with van der Waals surface area (Å²) in [5.74, 6) is -2.21. The lowest BCUT2D eigenvalue weighted by molar-refractivity contribution is -0.137. The van der Waals surface area contributed by atoms with Gasteiger partial charge in [-0.05, 0) is 60.2 Å². The van der Waals surface area contributed by atoms with E-state index in [9.17, 15) is 31.2 Å². The number of rotatable bonds is 8. The fourth-order valence-corrected chi connectivity index (χ4v) is 5.24. The number of hydrogen-bond acceptors (Lipinski definition) is 6. The molecule has 1 amide bonds. The number of carbonyl (C=O) groups excluding carboxylic acids is 1. The van der Waals surface area contributed by atoms with Crippen LogP contribution in [0.15, 0.2) is 90.1 Å². The predicted octanol–water partition coefficient (Wildman–Crippen LogP) is 5.49. The number of carbonyl (C=O) groups is 2. The van der Waals surface area contributed by atoms with Crippen LogP contribution in [0.4, 0.5) is 24.7 Å². The third kappa shape index (κ3) is 6.38. The average Bonchev–Trinajstić information content (AvgIpc) is 2.92. The number of carboxylic acids is 1. The van der Waals surface area contributed by atoms with Crippen LogP contribution in [0.25, 0.3) is 0 Å². The molecule has 0 saturated carbocycles. The van der Waals surface area contributed by atoms with Crippen molar-refractivity contribution in [2.24, 2.45) is 0 Å². The second-order valence-electron chi connectivity index (χ2n) is 8.23. The van der Waals surface area contributed by atoms with Gasteiger partial charge in [-0.3, -0.25) is 9.78 Å². The molecule has 0 bridgehead atoms. The van der Waals surface area contributed by atoms with Gasteiger partial charge in [0, 0.05) is 18.1 Å². The van der Waals surface area contributed by atoms with Gasteiger partial charge in [0.2, 0.25) is 0 Å². The molecular weight excluding hydrogens is 573 g/mol. The zero-order valence-electron chi connectivity index (χ0n) is 20.1. The van der Waals surface area contributed by atoms with Crippen molar-refractivity contribution >= 4 is 45.0 Å². The monoisotopic (exact) mass is 590 g/mol. The molecule has 0 saturated heterocycles. The molecule has 0 aliphatic rings. The lowest BCUT2D eigenvalue weighted by Gasteiger charge is -2.25. The van der Waals surface area contributed by atoms with Crippen LogP contribution in [0, 0.1) is 0 Å². The van der Waals surface area contributed by atoms with Gasteiger partial charge < -0.3 is 10.4 Å². The second-order valence-corrected chi connectivity index (χ2v) is 10.5. The molecule has 2 N–H and O–H groups in total. The molecule has 0 aliphatic carbocycles. The van der Waals surface area contributed by atoms with Gasteiger partial charge in [0.25, 0.3) is 15.9 Å². The van der Waals surface area contributed by atoms with Crippen molar-refractivity contribution in [2.45, 2.75) is 17.6 Å². The third-order valence-electron chi connectivity index (χ3n) is 5.51. The predicted molar refractivity (Wildman–Crippen MR) is 140 cm³/mol. The zero-order valence-corrected chi connectivity index (χ0v) is 21.7. The molecule has 4 aromatic rings. The summed E-state index contributed by atoms with van der Waals surface area (Å²) in [6, 6.07) is 15.7. The van der Waals surface area contributed by atoms with E-state index in [1.807, 2.05) is 0 Å². The molecular formula is C26H18ClF3N4O5S. The maximum Gasteiger partial charge on any atom is 0.417 e. The van der Waals surface area contributed by atoms with Crippen LogP contribution in [0.2, 0.25) is 5.02 Å². The maximum absolute atomic E-state index is 13.6. The van der Waals surface area contributed by atoms with Gasteiger partial charge in [0.05, 0.1) is 27.6 Å². The number of sulfonamides is 1. The van der Waals surface area contributed by atoms with Crippen LogP contribution < -0.4 is 9.62 Å². The molecule has 0 radical (unpaired) electrons. The Balaban J connectivity index is 1.68. The van der Waals surface area contributed by atoms with Gasteiger partial charge in [0.1, 0.15) is 5.69 Å². The molecule has 2 aromatic carbocycles. The summed E-state index contributed by atoms with van der Waals surface area (Å²) < 4.78 is 67.5. The number of benzene rings is 2. The van der Waals surface area contributed by atoms with Crippen molar-refractivity contribution in [1.82, 2.24) is 9.97 Å². The average molecular weight is 591 g/mol. The van der Waals surface area contributed by atoms with Crippen LogP contribution in [-0.2, 0) is 22.7 Å². The SMILES string of the molecule is O=C(O)c1ccc(S(=O)(=O)N(Cc2ccc(NC(=O)c3ccccn3)cc2)c2ncc(C(F)(F)F)cc2Cl)cc1. The first-order chi connectivity index (χ1) is 18.9. The highest BCUT2D eigenvalue weighted by molar-refractivity contribution is 7.92. The van der Waals surface area contributed by atoms with E-state index in [0.29, 0.717) is 27.8 Å². The molecule has 206 valence electrons. The van der Waals surface area contributed by atoms with Crippen molar-refractivity contribution in [1.29, 1.82) is 0 Å². The molecule has 2 aromatic heterocycles. The van der Waals surface area contributed by atoms with Gasteiger partial charge >= 0.3 is 12.1 Å². The summed E-state index contributed by atoms with van der Waals surface area (Å²) in [5.41, 5.74) is -0.402.